The van der Waals surface area contributed by atoms with Crippen molar-refractivity contribution in [1.82, 2.24) is 5.32 Å². The third kappa shape index (κ3) is 3.82. The third-order valence-corrected chi connectivity index (χ3v) is 4.28. The summed E-state index contributed by atoms with van der Waals surface area (Å²) in [6.45, 7) is 10.4. The van der Waals surface area contributed by atoms with Crippen molar-refractivity contribution in [2.45, 2.75) is 26.7 Å². The summed E-state index contributed by atoms with van der Waals surface area (Å²) in [5.74, 6) is 0.335. The number of non-ortho nitro benzene ring substituents is 1. The van der Waals surface area contributed by atoms with Crippen molar-refractivity contribution in [1.29, 1.82) is 0 Å². The quantitative estimate of drug-likeness (QED) is 0.358. The lowest BCUT2D eigenvalue weighted by Gasteiger charge is -2.31. The SMILES string of the molecule is C=C=C(OCCN)C1=C(C)NC(C)=C(C)C1c1cccc([N+](=O)[O-])c1. The number of allylic oxidation sites excluding steroid dienone is 4. The molecule has 0 aliphatic carbocycles. The molecule has 1 aromatic rings. The first-order chi connectivity index (χ1) is 11.9. The molecule has 1 unspecified atom stereocenters. The van der Waals surface area contributed by atoms with Crippen LogP contribution in [0.4, 0.5) is 5.69 Å². The Bertz CT molecular complexity index is 802. The largest absolute Gasteiger partial charge is 0.484 e. The molecule has 1 aromatic carbocycles. The molecule has 1 heterocycles. The number of nitrogens with one attached hydrogen (secondary N) is 1. The van der Waals surface area contributed by atoms with Crippen LogP contribution in [0.25, 0.3) is 0 Å². The number of nitro groups is 1. The topological polar surface area (TPSA) is 90.4 Å². The molecule has 0 aromatic heterocycles. The number of nitrogens with zero attached hydrogens (tertiary/aromatic N) is 1. The van der Waals surface area contributed by atoms with E-state index in [2.05, 4.69) is 17.6 Å². The van der Waals surface area contributed by atoms with E-state index in [0.717, 1.165) is 28.1 Å². The van der Waals surface area contributed by atoms with Crippen molar-refractivity contribution in [3.63, 3.8) is 0 Å². The molecule has 6 nitrogen and oxygen atoms in total. The van der Waals surface area contributed by atoms with Crippen LogP contribution in [0.2, 0.25) is 0 Å². The lowest BCUT2D eigenvalue weighted by Crippen LogP contribution is -2.25. The van der Waals surface area contributed by atoms with Crippen LogP contribution < -0.4 is 11.1 Å². The number of hydrogen-bond donors (Lipinski definition) is 2. The van der Waals surface area contributed by atoms with E-state index in [1.54, 1.807) is 12.1 Å². The number of hydrogen-bond acceptors (Lipinski definition) is 5. The number of dihydropyridines is 1. The Balaban J connectivity index is 2.60. The van der Waals surface area contributed by atoms with E-state index in [1.807, 2.05) is 26.8 Å². The summed E-state index contributed by atoms with van der Waals surface area (Å²) in [6, 6.07) is 6.67. The maximum atomic E-state index is 11.2. The van der Waals surface area contributed by atoms with E-state index in [0.29, 0.717) is 18.9 Å². The highest BCUT2D eigenvalue weighted by Gasteiger charge is 2.30. The monoisotopic (exact) mass is 341 g/mol. The lowest BCUT2D eigenvalue weighted by atomic mass is 9.80. The Kier molecular flexibility index (Phi) is 5.80. The Morgan fingerprint density at radius 3 is 2.72 bits per heavy atom. The number of rotatable bonds is 6. The normalized spacial score (nSPS) is 17.0. The highest BCUT2D eigenvalue weighted by molar-refractivity contribution is 5.53. The van der Waals surface area contributed by atoms with Gasteiger partial charge in [0.15, 0.2) is 5.76 Å². The Hall–Kier alpha value is -2.82. The van der Waals surface area contributed by atoms with Crippen LogP contribution in [0.1, 0.15) is 32.3 Å². The number of benzene rings is 1. The average Bonchev–Trinajstić information content (AvgIpc) is 2.59. The first-order valence-corrected chi connectivity index (χ1v) is 8.03. The summed E-state index contributed by atoms with van der Waals surface area (Å²) >= 11 is 0. The summed E-state index contributed by atoms with van der Waals surface area (Å²) in [6.07, 6.45) is 0. The molecule has 0 bridgehead atoms. The maximum Gasteiger partial charge on any atom is 0.269 e. The van der Waals surface area contributed by atoms with Crippen LogP contribution in [0.3, 0.4) is 0 Å². The molecule has 1 aliphatic rings. The Labute approximate surface area is 147 Å². The minimum absolute atomic E-state index is 0.0606. The van der Waals surface area contributed by atoms with Gasteiger partial charge in [-0.1, -0.05) is 24.4 Å². The second kappa shape index (κ2) is 7.83. The molecule has 0 spiro atoms. The van der Waals surface area contributed by atoms with E-state index < -0.39 is 0 Å². The first-order valence-electron chi connectivity index (χ1n) is 8.03. The van der Waals surface area contributed by atoms with Gasteiger partial charge in [0.2, 0.25) is 0 Å². The van der Waals surface area contributed by atoms with Gasteiger partial charge >= 0.3 is 0 Å². The van der Waals surface area contributed by atoms with Crippen LogP contribution in [0, 0.1) is 10.1 Å². The number of nitrogens with two attached hydrogens (primary N) is 1. The van der Waals surface area contributed by atoms with Crippen LogP contribution in [0.15, 0.2) is 64.9 Å². The van der Waals surface area contributed by atoms with Crippen molar-refractivity contribution >= 4 is 5.69 Å². The zero-order valence-corrected chi connectivity index (χ0v) is 14.8. The summed E-state index contributed by atoms with van der Waals surface area (Å²) in [4.78, 5) is 10.8. The zero-order chi connectivity index (χ0) is 18.6. The fourth-order valence-electron chi connectivity index (χ4n) is 3.02. The van der Waals surface area contributed by atoms with Gasteiger partial charge in [0, 0.05) is 41.6 Å². The molecule has 1 atom stereocenters. The van der Waals surface area contributed by atoms with Crippen LogP contribution in [0.5, 0.6) is 0 Å². The van der Waals surface area contributed by atoms with Gasteiger partial charge < -0.3 is 15.8 Å². The number of nitro benzene ring substituents is 1. The molecule has 0 saturated carbocycles. The van der Waals surface area contributed by atoms with Crippen molar-refractivity contribution in [3.8, 4) is 0 Å². The van der Waals surface area contributed by atoms with Gasteiger partial charge in [-0.05, 0) is 31.9 Å². The first kappa shape index (κ1) is 18.5. The Morgan fingerprint density at radius 1 is 1.40 bits per heavy atom. The Morgan fingerprint density at radius 2 is 2.12 bits per heavy atom. The minimum atomic E-state index is -0.387. The predicted octanol–water partition coefficient (Wildman–Crippen LogP) is 3.49. The van der Waals surface area contributed by atoms with Gasteiger partial charge in [0.05, 0.1) is 4.92 Å². The smallest absolute Gasteiger partial charge is 0.269 e. The van der Waals surface area contributed by atoms with Gasteiger partial charge in [0.1, 0.15) is 6.61 Å². The zero-order valence-electron chi connectivity index (χ0n) is 14.8. The maximum absolute atomic E-state index is 11.2. The van der Waals surface area contributed by atoms with Crippen LogP contribution in [-0.4, -0.2) is 18.1 Å². The van der Waals surface area contributed by atoms with Crippen molar-refractivity contribution in [2.75, 3.05) is 13.2 Å². The second-order valence-corrected chi connectivity index (χ2v) is 5.90. The van der Waals surface area contributed by atoms with E-state index in [1.165, 1.54) is 6.07 Å². The summed E-state index contributed by atoms with van der Waals surface area (Å²) in [5, 5.41) is 14.5. The third-order valence-electron chi connectivity index (χ3n) is 4.28. The van der Waals surface area contributed by atoms with Crippen molar-refractivity contribution in [3.05, 3.63) is 80.6 Å². The van der Waals surface area contributed by atoms with E-state index in [9.17, 15) is 10.1 Å². The number of ether oxygens (including phenoxy) is 1. The fraction of sp³-hybridized carbons (Fsp3) is 0.316. The van der Waals surface area contributed by atoms with Crippen molar-refractivity contribution < 1.29 is 9.66 Å². The molecule has 1 aliphatic heterocycles. The fourth-order valence-corrected chi connectivity index (χ4v) is 3.02. The standard InChI is InChI=1S/C19H23N3O3/c1-5-17(25-10-9-20)19-14(4)21-13(3)12(2)18(19)15-7-6-8-16(11-15)22(23)24/h6-8,11,18,21H,1,9-10,20H2,2-4H3. The predicted molar refractivity (Wildman–Crippen MR) is 97.7 cm³/mol. The summed E-state index contributed by atoms with van der Waals surface area (Å²) < 4.78 is 5.73. The molecule has 0 radical (unpaired) electrons. The summed E-state index contributed by atoms with van der Waals surface area (Å²) in [7, 11) is 0. The van der Waals surface area contributed by atoms with Crippen LogP contribution >= 0.6 is 0 Å². The van der Waals surface area contributed by atoms with Gasteiger partial charge in [-0.25, -0.2) is 0 Å². The highest BCUT2D eigenvalue weighted by atomic mass is 16.6. The molecular formula is C19H23N3O3. The molecule has 2 rings (SSSR count). The van der Waals surface area contributed by atoms with E-state index in [-0.39, 0.29) is 16.5 Å². The van der Waals surface area contributed by atoms with Crippen LogP contribution in [-0.2, 0) is 4.74 Å². The molecule has 25 heavy (non-hydrogen) atoms. The average molecular weight is 341 g/mol. The van der Waals surface area contributed by atoms with E-state index in [4.69, 9.17) is 10.5 Å². The molecule has 3 N–H and O–H groups in total. The molecule has 132 valence electrons. The lowest BCUT2D eigenvalue weighted by molar-refractivity contribution is -0.384. The second-order valence-electron chi connectivity index (χ2n) is 5.90. The molecule has 0 amide bonds. The molecule has 6 heteroatoms. The van der Waals surface area contributed by atoms with Gasteiger partial charge in [-0.3, -0.25) is 10.1 Å². The van der Waals surface area contributed by atoms with E-state index >= 15 is 0 Å². The van der Waals surface area contributed by atoms with Gasteiger partial charge in [0.25, 0.3) is 5.69 Å². The van der Waals surface area contributed by atoms with Gasteiger partial charge in [-0.15, -0.1) is 0 Å². The highest BCUT2D eigenvalue weighted by Crippen LogP contribution is 2.41. The molecule has 0 fully saturated rings. The molecule has 0 saturated heterocycles. The van der Waals surface area contributed by atoms with Crippen molar-refractivity contribution in [2.24, 2.45) is 5.73 Å². The summed E-state index contributed by atoms with van der Waals surface area (Å²) in [5.41, 5.74) is 13.1. The van der Waals surface area contributed by atoms with Gasteiger partial charge in [-0.2, -0.15) is 0 Å². The molecular weight excluding hydrogens is 318 g/mol. The minimum Gasteiger partial charge on any atom is -0.484 e.